The fraction of sp³-hybridized carbons (Fsp3) is 0.727. The lowest BCUT2D eigenvalue weighted by molar-refractivity contribution is -0.169. The predicted octanol–water partition coefficient (Wildman–Crippen LogP) is 7.00. The Kier molecular flexibility index (Phi) is 14.0. The highest BCUT2D eigenvalue weighted by Gasteiger charge is 2.06. The molecule has 0 unspecified atom stereocenters. The van der Waals surface area contributed by atoms with Gasteiger partial charge in [-0.25, -0.2) is 0 Å². The number of hydrogen-bond acceptors (Lipinski definition) is 4. The lowest BCUT2D eigenvalue weighted by Crippen LogP contribution is -2.09. The average Bonchev–Trinajstić information content (AvgIpc) is 2.59. The summed E-state index contributed by atoms with van der Waals surface area (Å²) < 4.78 is 5.39. The molecule has 0 radical (unpaired) electrons. The van der Waals surface area contributed by atoms with Gasteiger partial charge in [-0.1, -0.05) is 84.1 Å². The van der Waals surface area contributed by atoms with E-state index in [0.717, 1.165) is 12.8 Å². The fourth-order valence-corrected chi connectivity index (χ4v) is 4.30. The highest BCUT2D eigenvalue weighted by atomic mass is 33.1. The van der Waals surface area contributed by atoms with Crippen LogP contribution in [0.5, 0.6) is 5.75 Å². The van der Waals surface area contributed by atoms with E-state index in [1.165, 1.54) is 88.2 Å². The average molecular weight is 429 g/mol. The molecule has 27 heavy (non-hydrogen) atoms. The molecule has 0 fully saturated rings. The van der Waals surface area contributed by atoms with Crippen LogP contribution in [0.15, 0.2) is 18.2 Å². The van der Waals surface area contributed by atoms with Crippen LogP contribution >= 0.6 is 6.12 Å². The molecule has 0 bridgehead atoms. The number of rotatable bonds is 16. The van der Waals surface area contributed by atoms with Gasteiger partial charge in [0.2, 0.25) is 0 Å². The number of benzene rings is 1. The maximum atomic E-state index is 11.7. The van der Waals surface area contributed by atoms with Crippen LogP contribution in [0.2, 0.25) is 0 Å². The summed E-state index contributed by atoms with van der Waals surface area (Å²) in [6.07, 6.45) is 14.1. The molecule has 1 aromatic carbocycles. The minimum absolute atomic E-state index is 0.591. The van der Waals surface area contributed by atoms with Crippen molar-refractivity contribution in [2.75, 3.05) is 0 Å². The van der Waals surface area contributed by atoms with Gasteiger partial charge in [0.15, 0.2) is 5.75 Å². The topological polar surface area (TPSA) is 32.3 Å². The minimum Gasteiger partial charge on any atom is -0.682 e. The SMILES string of the molecule is CCCCCCCCc1cc(CCCCCCCC)cc(O[P+]([O-])([S-])[S-])c1. The zero-order valence-corrected chi connectivity index (χ0v) is 19.7. The second kappa shape index (κ2) is 15.0. The maximum absolute atomic E-state index is 11.7. The lowest BCUT2D eigenvalue weighted by Gasteiger charge is -2.42. The molecule has 156 valence electrons. The molecule has 0 N–H and O–H groups in total. The number of hydrogen-bond donors (Lipinski definition) is 0. The van der Waals surface area contributed by atoms with E-state index >= 15 is 0 Å². The van der Waals surface area contributed by atoms with Crippen molar-refractivity contribution in [2.24, 2.45) is 0 Å². The van der Waals surface area contributed by atoms with Crippen molar-refractivity contribution >= 4 is 30.6 Å². The summed E-state index contributed by atoms with van der Waals surface area (Å²) in [5.74, 6) is 0.591. The van der Waals surface area contributed by atoms with Crippen LogP contribution in [0.3, 0.4) is 0 Å². The van der Waals surface area contributed by atoms with Gasteiger partial charge in [0.25, 0.3) is 0 Å². The van der Waals surface area contributed by atoms with E-state index in [-0.39, 0.29) is 0 Å². The summed E-state index contributed by atoms with van der Waals surface area (Å²) in [7, 11) is 0. The van der Waals surface area contributed by atoms with Crippen LogP contribution in [0.1, 0.15) is 102 Å². The Balaban J connectivity index is 2.56. The zero-order chi connectivity index (χ0) is 20.0. The van der Waals surface area contributed by atoms with Crippen molar-refractivity contribution in [3.8, 4) is 5.75 Å². The highest BCUT2D eigenvalue weighted by molar-refractivity contribution is 8.69. The van der Waals surface area contributed by atoms with Crippen molar-refractivity contribution < 1.29 is 9.42 Å². The zero-order valence-electron chi connectivity index (χ0n) is 17.2. The van der Waals surface area contributed by atoms with Crippen LogP contribution < -0.4 is 9.42 Å². The molecule has 0 aliphatic rings. The molecule has 0 spiro atoms. The quantitative estimate of drug-likeness (QED) is 0.161. The van der Waals surface area contributed by atoms with E-state index in [4.69, 9.17) is 29.0 Å². The minimum atomic E-state index is -3.35. The fourth-order valence-electron chi connectivity index (χ4n) is 3.42. The molecule has 5 heteroatoms. The van der Waals surface area contributed by atoms with Crippen molar-refractivity contribution in [2.45, 2.75) is 104 Å². The third kappa shape index (κ3) is 13.8. The summed E-state index contributed by atoms with van der Waals surface area (Å²) in [6.45, 7) is 4.49. The molecular weight excluding hydrogens is 391 g/mol. The second-order valence-electron chi connectivity index (χ2n) is 7.56. The monoisotopic (exact) mass is 428 g/mol. The molecule has 0 heterocycles. The van der Waals surface area contributed by atoms with Crippen molar-refractivity contribution in [1.82, 2.24) is 0 Å². The van der Waals surface area contributed by atoms with Gasteiger partial charge < -0.3 is 33.9 Å². The second-order valence-corrected chi connectivity index (χ2v) is 12.2. The first kappa shape index (κ1) is 25.1. The molecular formula is C22H37O2PS2-2. The van der Waals surface area contributed by atoms with Gasteiger partial charge in [-0.05, 0) is 48.9 Å². The van der Waals surface area contributed by atoms with Crippen LogP contribution in [0.25, 0.3) is 0 Å². The van der Waals surface area contributed by atoms with E-state index in [2.05, 4.69) is 19.9 Å². The molecule has 0 saturated heterocycles. The largest absolute Gasteiger partial charge is 0.682 e. The molecule has 1 rings (SSSR count). The van der Waals surface area contributed by atoms with E-state index in [9.17, 15) is 4.89 Å². The summed E-state index contributed by atoms with van der Waals surface area (Å²) in [4.78, 5) is 11.7. The molecule has 1 aromatic rings. The Morgan fingerprint density at radius 2 is 1.11 bits per heavy atom. The Hall–Kier alpha value is 0.110. The maximum Gasteiger partial charge on any atom is 0.168 e. The van der Waals surface area contributed by atoms with Crippen LogP contribution in [-0.4, -0.2) is 0 Å². The normalized spacial score (nSPS) is 11.7. The van der Waals surface area contributed by atoms with Crippen LogP contribution in [0.4, 0.5) is 0 Å². The first-order valence-corrected chi connectivity index (χ1v) is 14.4. The van der Waals surface area contributed by atoms with Gasteiger partial charge in [0.05, 0.1) is 0 Å². The molecule has 2 nitrogen and oxygen atoms in total. The van der Waals surface area contributed by atoms with E-state index in [0.29, 0.717) is 5.75 Å². The molecule has 0 aliphatic heterocycles. The Morgan fingerprint density at radius 1 is 0.704 bits per heavy atom. The Morgan fingerprint density at radius 3 is 1.52 bits per heavy atom. The standard InChI is InChI=1S/C22H39O2PS2/c1-3-5-7-9-11-13-15-20-17-21(16-14-12-10-8-6-4-2)19-22(18-20)24-25(23,26)27/h17-19H,3-16H2,1-2H3,(H2,23,26,27)/p-2. The number of unbranched alkanes of at least 4 members (excludes halogenated alkanes) is 10. The summed E-state index contributed by atoms with van der Waals surface area (Å²) in [5, 5.41) is 0. The smallest absolute Gasteiger partial charge is 0.168 e. The summed E-state index contributed by atoms with van der Waals surface area (Å²) >= 11 is 9.59. The molecule has 0 aromatic heterocycles. The van der Waals surface area contributed by atoms with Crippen LogP contribution in [-0.2, 0) is 37.3 Å². The summed E-state index contributed by atoms with van der Waals surface area (Å²) in [5.41, 5.74) is 2.50. The molecule has 0 amide bonds. The highest BCUT2D eigenvalue weighted by Crippen LogP contribution is 2.46. The van der Waals surface area contributed by atoms with E-state index in [1.807, 2.05) is 12.1 Å². The van der Waals surface area contributed by atoms with Crippen LogP contribution in [0, 0.1) is 0 Å². The van der Waals surface area contributed by atoms with Gasteiger partial charge in [-0.3, -0.25) is 0 Å². The van der Waals surface area contributed by atoms with E-state index < -0.39 is 6.12 Å². The van der Waals surface area contributed by atoms with Gasteiger partial charge in [0.1, 0.15) is 0 Å². The third-order valence-electron chi connectivity index (χ3n) is 4.88. The third-order valence-corrected chi connectivity index (χ3v) is 5.76. The first-order chi connectivity index (χ1) is 12.9. The predicted molar refractivity (Wildman–Crippen MR) is 123 cm³/mol. The first-order valence-electron chi connectivity index (χ1n) is 10.8. The van der Waals surface area contributed by atoms with Crippen molar-refractivity contribution in [1.29, 1.82) is 0 Å². The van der Waals surface area contributed by atoms with E-state index in [1.54, 1.807) is 0 Å². The van der Waals surface area contributed by atoms with Gasteiger partial charge in [-0.2, -0.15) is 0 Å². The van der Waals surface area contributed by atoms with Crippen molar-refractivity contribution in [3.63, 3.8) is 0 Å². The van der Waals surface area contributed by atoms with Crippen molar-refractivity contribution in [3.05, 3.63) is 29.3 Å². The van der Waals surface area contributed by atoms with Gasteiger partial charge in [0, 0.05) is 0 Å². The molecule has 0 saturated carbocycles. The Labute approximate surface area is 178 Å². The Bertz CT molecular complexity index is 469. The summed E-state index contributed by atoms with van der Waals surface area (Å²) in [6, 6.07) is 6.23. The number of aryl methyl sites for hydroxylation is 2. The lowest BCUT2D eigenvalue weighted by atomic mass is 9.99. The molecule has 0 aliphatic carbocycles. The van der Waals surface area contributed by atoms with Gasteiger partial charge in [-0.15, -0.1) is 6.12 Å². The molecule has 0 atom stereocenters. The van der Waals surface area contributed by atoms with Gasteiger partial charge >= 0.3 is 0 Å².